The summed E-state index contributed by atoms with van der Waals surface area (Å²) in [5.41, 5.74) is -3.45. The van der Waals surface area contributed by atoms with Gasteiger partial charge in [-0.05, 0) is 156 Å². The van der Waals surface area contributed by atoms with Gasteiger partial charge in [0.2, 0.25) is 11.9 Å². The van der Waals surface area contributed by atoms with Gasteiger partial charge >= 0.3 is 36.6 Å². The number of ether oxygens (including phenoxy) is 7. The Bertz CT molecular complexity index is 2100. The highest BCUT2D eigenvalue weighted by atomic mass is 16.6. The van der Waals surface area contributed by atoms with Gasteiger partial charge in [-0.1, -0.05) is 49.9 Å². The SMILES string of the molecule is CC(C)(C)OC(=O)/N=C(\N(CCCCCCCCN=C(NC(=O)OC(C)(C)C)NC(=O)OC(C)(C)C)C(=O)OC(C)(C)C)N(CCCOCc1ccc(C2=NCCCN2C(=O)OC(C)(C)C)cc1)C(=O)OC(C)(C)C. The van der Waals surface area contributed by atoms with Crippen molar-refractivity contribution < 1.29 is 61.9 Å². The van der Waals surface area contributed by atoms with E-state index in [0.29, 0.717) is 38.2 Å². The lowest BCUT2D eigenvalue weighted by atomic mass is 10.1. The maximum Gasteiger partial charge on any atom is 0.437 e. The van der Waals surface area contributed by atoms with Crippen LogP contribution in [0, 0.1) is 0 Å². The summed E-state index contributed by atoms with van der Waals surface area (Å²) in [4.78, 5) is 97.0. The minimum Gasteiger partial charge on any atom is -0.444 e. The third-order valence-electron chi connectivity index (χ3n) is 9.42. The number of hydrogen-bond donors (Lipinski definition) is 2. The van der Waals surface area contributed by atoms with Gasteiger partial charge in [-0.25, -0.2) is 38.6 Å². The largest absolute Gasteiger partial charge is 0.444 e. The van der Waals surface area contributed by atoms with Gasteiger partial charge in [-0.3, -0.25) is 25.5 Å². The molecule has 1 aromatic rings. The van der Waals surface area contributed by atoms with Gasteiger partial charge in [0, 0.05) is 44.9 Å². The molecule has 2 N–H and O–H groups in total. The first-order valence-corrected chi connectivity index (χ1v) is 26.0. The van der Waals surface area contributed by atoms with E-state index in [1.807, 2.05) is 45.0 Å². The standard InChI is InChI=1S/C54H90N8O13/c1-49(2,3)70-43(63)57-41(58-44(64)71-50(4,5)6)56-31-23-21-19-20-22-24-33-61(47(67)74-53(13,14)15)42(59-45(65)72-51(7,8)9)62(48(68)75-54(16,17)18)35-26-36-69-37-38-27-29-39(30-28-38)40-55-32-25-34-60(40)46(66)73-52(10,11)12/h27-30H,19-26,31-37H2,1-18H3,(H2,56,57,58,63,64)/b59-42+. The molecule has 0 saturated carbocycles. The summed E-state index contributed by atoms with van der Waals surface area (Å²) in [5.74, 6) is 0.135. The minimum atomic E-state index is -1.03. The van der Waals surface area contributed by atoms with Crippen LogP contribution in [-0.2, 0) is 39.8 Å². The molecule has 21 nitrogen and oxygen atoms in total. The predicted molar refractivity (Wildman–Crippen MR) is 288 cm³/mol. The number of alkyl carbamates (subject to hydrolysis) is 2. The molecule has 424 valence electrons. The van der Waals surface area contributed by atoms with Crippen molar-refractivity contribution in [2.45, 2.75) is 216 Å². The lowest BCUT2D eigenvalue weighted by Crippen LogP contribution is -2.53. The first kappa shape index (κ1) is 65.1. The number of carbonyl (C=O) groups is 6. The average Bonchev–Trinajstić information content (AvgIpc) is 3.21. The fourth-order valence-corrected chi connectivity index (χ4v) is 6.62. The number of benzene rings is 1. The molecule has 1 heterocycles. The van der Waals surface area contributed by atoms with Crippen LogP contribution in [0.2, 0.25) is 0 Å². The molecule has 2 rings (SSSR count). The van der Waals surface area contributed by atoms with Crippen molar-refractivity contribution in [2.24, 2.45) is 15.0 Å². The monoisotopic (exact) mass is 1060 g/mol. The Kier molecular flexibility index (Phi) is 25.0. The van der Waals surface area contributed by atoms with Gasteiger partial charge in [0.1, 0.15) is 39.4 Å². The van der Waals surface area contributed by atoms with Crippen molar-refractivity contribution >= 4 is 54.3 Å². The number of aliphatic imine (C=N–C) groups is 3. The van der Waals surface area contributed by atoms with E-state index in [0.717, 1.165) is 41.7 Å². The molecule has 0 fully saturated rings. The van der Waals surface area contributed by atoms with Crippen LogP contribution in [-0.4, -0.2) is 142 Å². The molecule has 6 amide bonds. The van der Waals surface area contributed by atoms with Crippen LogP contribution in [0.15, 0.2) is 39.2 Å². The number of amides is 6. The molecule has 1 aromatic carbocycles. The van der Waals surface area contributed by atoms with Gasteiger partial charge in [-0.15, -0.1) is 4.99 Å². The van der Waals surface area contributed by atoms with E-state index in [9.17, 15) is 28.8 Å². The van der Waals surface area contributed by atoms with Gasteiger partial charge in [0.25, 0.3) is 0 Å². The van der Waals surface area contributed by atoms with Crippen LogP contribution >= 0.6 is 0 Å². The number of rotatable bonds is 16. The van der Waals surface area contributed by atoms with E-state index in [1.54, 1.807) is 109 Å². The van der Waals surface area contributed by atoms with Gasteiger partial charge in [-0.2, -0.15) is 0 Å². The number of guanidine groups is 2. The van der Waals surface area contributed by atoms with Crippen LogP contribution in [0.25, 0.3) is 0 Å². The van der Waals surface area contributed by atoms with E-state index in [1.165, 1.54) is 4.90 Å². The minimum absolute atomic E-state index is 0.0185. The Hall–Kier alpha value is -5.99. The molecule has 0 unspecified atom stereocenters. The fraction of sp³-hybridized carbons (Fsp3) is 0.722. The molecule has 0 radical (unpaired) electrons. The fourth-order valence-electron chi connectivity index (χ4n) is 6.62. The highest BCUT2D eigenvalue weighted by Gasteiger charge is 2.36. The molecule has 1 aliphatic rings. The van der Waals surface area contributed by atoms with Crippen molar-refractivity contribution in [3.63, 3.8) is 0 Å². The molecule has 0 aliphatic carbocycles. The Labute approximate surface area is 446 Å². The van der Waals surface area contributed by atoms with Gasteiger partial charge in [0.15, 0.2) is 0 Å². The zero-order valence-electron chi connectivity index (χ0n) is 48.4. The predicted octanol–water partition coefficient (Wildman–Crippen LogP) is 11.5. The molecule has 21 heteroatoms. The summed E-state index contributed by atoms with van der Waals surface area (Å²) in [7, 11) is 0. The maximum atomic E-state index is 14.2. The summed E-state index contributed by atoms with van der Waals surface area (Å²) in [5, 5.41) is 4.97. The highest BCUT2D eigenvalue weighted by Crippen LogP contribution is 2.21. The zero-order chi connectivity index (χ0) is 57.0. The summed E-state index contributed by atoms with van der Waals surface area (Å²) in [6, 6.07) is 7.55. The number of hydrogen-bond acceptors (Lipinski definition) is 15. The molecule has 0 bridgehead atoms. The first-order valence-electron chi connectivity index (χ1n) is 26.0. The maximum absolute atomic E-state index is 14.2. The van der Waals surface area contributed by atoms with E-state index < -0.39 is 70.2 Å². The van der Waals surface area contributed by atoms with Crippen LogP contribution in [0.4, 0.5) is 28.8 Å². The quantitative estimate of drug-likeness (QED) is 0.0679. The normalized spacial score (nSPS) is 13.7. The second kappa shape index (κ2) is 28.8. The number of carbonyl (C=O) groups excluding carboxylic acids is 6. The van der Waals surface area contributed by atoms with Crippen molar-refractivity contribution in [3.8, 4) is 0 Å². The Morgan fingerprint density at radius 1 is 0.573 bits per heavy atom. The molecule has 0 atom stereocenters. The molecular weight excluding hydrogens is 969 g/mol. The number of unbranched alkanes of at least 4 members (excludes halogenated alkanes) is 5. The van der Waals surface area contributed by atoms with Crippen molar-refractivity contribution in [2.75, 3.05) is 39.3 Å². The Morgan fingerprint density at radius 2 is 1.03 bits per heavy atom. The summed E-state index contributed by atoms with van der Waals surface area (Å²) in [6.45, 7) is 32.8. The van der Waals surface area contributed by atoms with E-state index in [2.05, 4.69) is 25.6 Å². The summed E-state index contributed by atoms with van der Waals surface area (Å²) >= 11 is 0. The number of nitrogens with one attached hydrogen (secondary N) is 2. The van der Waals surface area contributed by atoms with Crippen LogP contribution in [0.1, 0.15) is 187 Å². The van der Waals surface area contributed by atoms with Crippen LogP contribution < -0.4 is 10.6 Å². The smallest absolute Gasteiger partial charge is 0.437 e. The Balaban J connectivity index is 2.28. The molecule has 1 aliphatic heterocycles. The average molecular weight is 1060 g/mol. The van der Waals surface area contributed by atoms with Crippen LogP contribution in [0.3, 0.4) is 0 Å². The van der Waals surface area contributed by atoms with Gasteiger partial charge in [0.05, 0.1) is 6.61 Å². The summed E-state index contributed by atoms with van der Waals surface area (Å²) < 4.78 is 39.6. The third kappa shape index (κ3) is 29.0. The van der Waals surface area contributed by atoms with Crippen LogP contribution in [0.5, 0.6) is 0 Å². The molecule has 0 aromatic heterocycles. The molecule has 75 heavy (non-hydrogen) atoms. The highest BCUT2D eigenvalue weighted by molar-refractivity contribution is 6.07. The van der Waals surface area contributed by atoms with Crippen molar-refractivity contribution in [3.05, 3.63) is 35.4 Å². The van der Waals surface area contributed by atoms with Crippen molar-refractivity contribution in [1.82, 2.24) is 25.3 Å². The number of nitrogens with zero attached hydrogens (tertiary/aromatic N) is 6. The Morgan fingerprint density at radius 3 is 1.51 bits per heavy atom. The number of amidine groups is 1. The van der Waals surface area contributed by atoms with Gasteiger partial charge < -0.3 is 33.2 Å². The van der Waals surface area contributed by atoms with E-state index in [-0.39, 0.29) is 51.2 Å². The first-order chi connectivity index (χ1) is 34.4. The lowest BCUT2D eigenvalue weighted by molar-refractivity contribution is 0.0256. The summed E-state index contributed by atoms with van der Waals surface area (Å²) in [6.07, 6.45) is 0.239. The third-order valence-corrected chi connectivity index (χ3v) is 9.42. The molecule has 0 saturated heterocycles. The second-order valence-electron chi connectivity index (χ2n) is 24.1. The lowest BCUT2D eigenvalue weighted by Gasteiger charge is -2.34. The molecule has 0 spiro atoms. The zero-order valence-corrected chi connectivity index (χ0v) is 48.4. The molecular formula is C54H90N8O13. The topological polar surface area (TPSA) is 238 Å². The van der Waals surface area contributed by atoms with Crippen molar-refractivity contribution in [1.29, 1.82) is 0 Å². The van der Waals surface area contributed by atoms with E-state index >= 15 is 0 Å². The second-order valence-corrected chi connectivity index (χ2v) is 24.1. The van der Waals surface area contributed by atoms with E-state index in [4.69, 9.17) is 33.2 Å².